The molecule has 2 aliphatic rings. The van der Waals surface area contributed by atoms with Crippen LogP contribution in [0.4, 0.5) is 32.4 Å². The van der Waals surface area contributed by atoms with E-state index in [1.54, 1.807) is 0 Å². The molecule has 2 fully saturated rings. The summed E-state index contributed by atoms with van der Waals surface area (Å²) in [5.41, 5.74) is -3.23. The maximum atomic E-state index is 14.0. The zero-order chi connectivity index (χ0) is 24.5. The van der Waals surface area contributed by atoms with Gasteiger partial charge in [0.2, 0.25) is 0 Å². The minimum Gasteiger partial charge on any atom is -0.473 e. The van der Waals surface area contributed by atoms with Crippen molar-refractivity contribution in [3.8, 4) is 5.75 Å². The molecule has 0 bridgehead atoms. The second kappa shape index (κ2) is 9.55. The number of piperidine rings is 1. The van der Waals surface area contributed by atoms with Gasteiger partial charge < -0.3 is 20.1 Å². The van der Waals surface area contributed by atoms with Gasteiger partial charge >= 0.3 is 12.2 Å². The number of ether oxygens (including phenoxy) is 2. The fourth-order valence-corrected chi connectivity index (χ4v) is 4.16. The summed E-state index contributed by atoms with van der Waals surface area (Å²) < 4.78 is 80.1. The highest BCUT2D eigenvalue weighted by Crippen LogP contribution is 2.53. The second-order valence-electron chi connectivity index (χ2n) is 8.03. The van der Waals surface area contributed by atoms with Gasteiger partial charge in [-0.1, -0.05) is 11.6 Å². The van der Waals surface area contributed by atoms with Gasteiger partial charge in [0.15, 0.2) is 11.8 Å². The second-order valence-corrected chi connectivity index (χ2v) is 8.46. The molecule has 184 valence electrons. The Morgan fingerprint density at radius 3 is 2.62 bits per heavy atom. The predicted molar refractivity (Wildman–Crippen MR) is 114 cm³/mol. The predicted octanol–water partition coefficient (Wildman–Crippen LogP) is 5.07. The Hall–Kier alpha value is -2.63. The molecule has 3 N–H and O–H groups in total. The van der Waals surface area contributed by atoms with Crippen LogP contribution in [0.1, 0.15) is 24.8 Å². The third-order valence-corrected chi connectivity index (χ3v) is 6.02. The maximum absolute atomic E-state index is 14.0. The number of halogens is 6. The van der Waals surface area contributed by atoms with Gasteiger partial charge in [-0.3, -0.25) is 5.32 Å². The summed E-state index contributed by atoms with van der Waals surface area (Å²) in [6, 6.07) is 5.18. The number of nitrogens with one attached hydrogen (secondary N) is 3. The monoisotopic (exact) mass is 505 g/mol. The van der Waals surface area contributed by atoms with E-state index in [2.05, 4.69) is 16.0 Å². The van der Waals surface area contributed by atoms with Crippen LogP contribution >= 0.6 is 11.6 Å². The average Bonchev–Trinajstić information content (AvgIpc) is 2.71. The zero-order valence-electron chi connectivity index (χ0n) is 17.6. The standard InChI is InChI=1S/C22H21ClF5N3O3/c23-12-3-5-16(15(25)10-12)30-20(32)31-17-2-1-8-29-19(17)34-18-6-4-13(24)11-14(18)21(7-9-33-21)22(26,27)28/h3-6,10-11,17,19,29H,1-2,7-9H2,(H2,30,31,32)/t17?,19?,21-/m0/s1. The fraction of sp³-hybridized carbons (Fsp3) is 0.409. The van der Waals surface area contributed by atoms with Gasteiger partial charge in [0.05, 0.1) is 18.3 Å². The fourth-order valence-electron chi connectivity index (χ4n) is 4.00. The van der Waals surface area contributed by atoms with Gasteiger partial charge in [-0.05, 0) is 55.8 Å². The van der Waals surface area contributed by atoms with E-state index in [9.17, 15) is 26.7 Å². The molecule has 2 aromatic carbocycles. The number of carbonyl (C=O) groups excluding carboxylic acids is 1. The molecular formula is C22H21ClF5N3O3. The van der Waals surface area contributed by atoms with Crippen LogP contribution in [0.5, 0.6) is 5.75 Å². The third-order valence-electron chi connectivity index (χ3n) is 5.79. The summed E-state index contributed by atoms with van der Waals surface area (Å²) >= 11 is 5.71. The van der Waals surface area contributed by atoms with Crippen LogP contribution in [0.15, 0.2) is 36.4 Å². The number of amides is 2. The molecule has 12 heteroatoms. The Kier molecular flexibility index (Phi) is 6.88. The van der Waals surface area contributed by atoms with Crippen molar-refractivity contribution in [2.24, 2.45) is 0 Å². The van der Waals surface area contributed by atoms with Crippen LogP contribution in [0, 0.1) is 11.6 Å². The molecule has 0 aromatic heterocycles. The smallest absolute Gasteiger partial charge is 0.421 e. The third kappa shape index (κ3) is 4.91. The lowest BCUT2D eigenvalue weighted by Gasteiger charge is -2.44. The Morgan fingerprint density at radius 2 is 1.97 bits per heavy atom. The van der Waals surface area contributed by atoms with Gasteiger partial charge in [-0.25, -0.2) is 13.6 Å². The highest BCUT2D eigenvalue weighted by atomic mass is 35.5. The van der Waals surface area contributed by atoms with Crippen molar-refractivity contribution < 1.29 is 36.2 Å². The highest BCUT2D eigenvalue weighted by Gasteiger charge is 2.62. The molecule has 2 saturated heterocycles. The number of urea groups is 1. The molecule has 6 nitrogen and oxygen atoms in total. The first-order chi connectivity index (χ1) is 16.1. The number of alkyl halides is 3. The zero-order valence-corrected chi connectivity index (χ0v) is 18.4. The Balaban J connectivity index is 1.52. The van der Waals surface area contributed by atoms with E-state index in [4.69, 9.17) is 21.1 Å². The summed E-state index contributed by atoms with van der Waals surface area (Å²) in [6.45, 7) is 0.358. The molecule has 0 radical (unpaired) electrons. The summed E-state index contributed by atoms with van der Waals surface area (Å²) in [7, 11) is 0. The van der Waals surface area contributed by atoms with Crippen LogP contribution < -0.4 is 20.7 Å². The number of carbonyl (C=O) groups is 1. The van der Waals surface area contributed by atoms with Crippen LogP contribution in [-0.4, -0.2) is 37.6 Å². The topological polar surface area (TPSA) is 71.6 Å². The van der Waals surface area contributed by atoms with Crippen molar-refractivity contribution in [3.05, 3.63) is 58.6 Å². The summed E-state index contributed by atoms with van der Waals surface area (Å²) in [5, 5.41) is 8.17. The molecule has 2 amide bonds. The molecular weight excluding hydrogens is 485 g/mol. The van der Waals surface area contributed by atoms with E-state index >= 15 is 0 Å². The van der Waals surface area contributed by atoms with E-state index in [0.717, 1.165) is 24.3 Å². The lowest BCUT2D eigenvalue weighted by Crippen LogP contribution is -2.57. The number of hydrogen-bond acceptors (Lipinski definition) is 4. The van der Waals surface area contributed by atoms with E-state index in [-0.39, 0.29) is 29.5 Å². The molecule has 0 spiro atoms. The van der Waals surface area contributed by atoms with Gasteiger partial charge in [-0.2, -0.15) is 13.2 Å². The van der Waals surface area contributed by atoms with Gasteiger partial charge in [0.1, 0.15) is 17.4 Å². The lowest BCUT2D eigenvalue weighted by atomic mass is 9.85. The molecule has 0 saturated carbocycles. The van der Waals surface area contributed by atoms with Crippen LogP contribution in [-0.2, 0) is 10.3 Å². The van der Waals surface area contributed by atoms with Gasteiger partial charge in [0, 0.05) is 17.0 Å². The first-order valence-corrected chi connectivity index (χ1v) is 10.9. The largest absolute Gasteiger partial charge is 0.473 e. The Morgan fingerprint density at radius 1 is 1.21 bits per heavy atom. The lowest BCUT2D eigenvalue weighted by molar-refractivity contribution is -0.334. The molecule has 0 aliphatic carbocycles. The van der Waals surface area contributed by atoms with Crippen LogP contribution in [0.3, 0.4) is 0 Å². The summed E-state index contributed by atoms with van der Waals surface area (Å²) in [6.07, 6.45) is -5.00. The normalized spacial score (nSPS) is 24.8. The maximum Gasteiger partial charge on any atom is 0.421 e. The van der Waals surface area contributed by atoms with Crippen LogP contribution in [0.25, 0.3) is 0 Å². The van der Waals surface area contributed by atoms with Gasteiger partial charge in [0.25, 0.3) is 0 Å². The SMILES string of the molecule is O=C(Nc1ccc(Cl)cc1F)NC1CCCNC1Oc1ccc(F)cc1[C@]1(C(F)(F)F)CCO1. The van der Waals surface area contributed by atoms with Crippen molar-refractivity contribution in [1.82, 2.24) is 10.6 Å². The molecule has 2 heterocycles. The highest BCUT2D eigenvalue weighted by molar-refractivity contribution is 6.30. The molecule has 4 rings (SSSR count). The van der Waals surface area contributed by atoms with E-state index in [0.29, 0.717) is 19.4 Å². The Bertz CT molecular complexity index is 1060. The average molecular weight is 506 g/mol. The summed E-state index contributed by atoms with van der Waals surface area (Å²) in [4.78, 5) is 12.5. The summed E-state index contributed by atoms with van der Waals surface area (Å²) in [5.74, 6) is -1.81. The molecule has 2 unspecified atom stereocenters. The Labute approximate surface area is 196 Å². The number of hydrogen-bond donors (Lipinski definition) is 3. The first kappa shape index (κ1) is 24.5. The molecule has 34 heavy (non-hydrogen) atoms. The molecule has 2 aromatic rings. The van der Waals surface area contributed by atoms with E-state index < -0.39 is 47.3 Å². The number of benzene rings is 2. The van der Waals surface area contributed by atoms with Crippen LogP contribution in [0.2, 0.25) is 5.02 Å². The van der Waals surface area contributed by atoms with Crippen molar-refractivity contribution in [2.75, 3.05) is 18.5 Å². The minimum absolute atomic E-state index is 0.0989. The van der Waals surface area contributed by atoms with E-state index in [1.807, 2.05) is 0 Å². The van der Waals surface area contributed by atoms with Crippen molar-refractivity contribution in [2.45, 2.75) is 43.3 Å². The van der Waals surface area contributed by atoms with Crippen molar-refractivity contribution >= 4 is 23.3 Å². The minimum atomic E-state index is -4.78. The number of anilines is 1. The van der Waals surface area contributed by atoms with Gasteiger partial charge in [-0.15, -0.1) is 0 Å². The van der Waals surface area contributed by atoms with Crippen molar-refractivity contribution in [1.29, 1.82) is 0 Å². The molecule has 3 atom stereocenters. The van der Waals surface area contributed by atoms with E-state index in [1.165, 1.54) is 12.1 Å². The number of rotatable bonds is 5. The first-order valence-electron chi connectivity index (χ1n) is 10.5. The molecule has 2 aliphatic heterocycles. The quantitative estimate of drug-likeness (QED) is 0.496. The van der Waals surface area contributed by atoms with Crippen molar-refractivity contribution in [3.63, 3.8) is 0 Å².